The number of anilines is 3. The van der Waals surface area contributed by atoms with Crippen LogP contribution in [0.5, 0.6) is 0 Å². The number of aryl methyl sites for hydroxylation is 1. The summed E-state index contributed by atoms with van der Waals surface area (Å²) in [6.45, 7) is 1.90. The molecule has 0 unspecified atom stereocenters. The van der Waals surface area contributed by atoms with Crippen molar-refractivity contribution in [1.29, 1.82) is 0 Å². The van der Waals surface area contributed by atoms with Gasteiger partial charge in [-0.3, -0.25) is 0 Å². The van der Waals surface area contributed by atoms with Crippen LogP contribution in [0.25, 0.3) is 0 Å². The van der Waals surface area contributed by atoms with E-state index in [4.69, 9.17) is 28.9 Å². The minimum atomic E-state index is -0.397. The molecule has 0 aromatic heterocycles. The maximum Gasteiger partial charge on any atom is 0.323 e. The van der Waals surface area contributed by atoms with Crippen LogP contribution in [0.1, 0.15) is 5.56 Å². The summed E-state index contributed by atoms with van der Waals surface area (Å²) in [5, 5.41) is 6.23. The lowest BCUT2D eigenvalue weighted by Crippen LogP contribution is -2.19. The Balaban J connectivity index is 2.06. The fourth-order valence-corrected chi connectivity index (χ4v) is 2.16. The summed E-state index contributed by atoms with van der Waals surface area (Å²) < 4.78 is 0. The number of nitrogens with one attached hydrogen (secondary N) is 2. The van der Waals surface area contributed by atoms with E-state index in [1.165, 1.54) is 0 Å². The Morgan fingerprint density at radius 3 is 2.20 bits per heavy atom. The first kappa shape index (κ1) is 14.5. The molecule has 0 atom stereocenters. The van der Waals surface area contributed by atoms with Gasteiger partial charge in [-0.1, -0.05) is 29.3 Å². The standard InChI is InChI=1S/C14H13Cl2N3O/c1-8-2-3-11(7-13(8)17)18-14(20)19-12-5-9(15)4-10(16)6-12/h2-7H,17H2,1H3,(H2,18,19,20). The topological polar surface area (TPSA) is 67.2 Å². The lowest BCUT2D eigenvalue weighted by Gasteiger charge is -2.09. The monoisotopic (exact) mass is 309 g/mol. The van der Waals surface area contributed by atoms with Gasteiger partial charge >= 0.3 is 6.03 Å². The second-order valence-corrected chi connectivity index (χ2v) is 5.18. The van der Waals surface area contributed by atoms with Crippen molar-refractivity contribution < 1.29 is 4.79 Å². The first-order chi connectivity index (χ1) is 9.44. The van der Waals surface area contributed by atoms with Gasteiger partial charge in [-0.15, -0.1) is 0 Å². The molecule has 0 spiro atoms. The Morgan fingerprint density at radius 2 is 1.60 bits per heavy atom. The van der Waals surface area contributed by atoms with Gasteiger partial charge in [0.2, 0.25) is 0 Å². The highest BCUT2D eigenvalue weighted by Crippen LogP contribution is 2.23. The van der Waals surface area contributed by atoms with E-state index in [9.17, 15) is 4.79 Å². The molecule has 104 valence electrons. The molecule has 0 radical (unpaired) electrons. The number of amides is 2. The molecule has 0 aliphatic rings. The van der Waals surface area contributed by atoms with Crippen LogP contribution < -0.4 is 16.4 Å². The zero-order valence-corrected chi connectivity index (χ0v) is 12.2. The van der Waals surface area contributed by atoms with E-state index in [1.807, 2.05) is 13.0 Å². The molecule has 0 bridgehead atoms. The van der Waals surface area contributed by atoms with Crippen molar-refractivity contribution in [3.63, 3.8) is 0 Å². The molecular formula is C14H13Cl2N3O. The van der Waals surface area contributed by atoms with Crippen molar-refractivity contribution in [1.82, 2.24) is 0 Å². The molecule has 0 aliphatic carbocycles. The van der Waals surface area contributed by atoms with Crippen LogP contribution in [0.4, 0.5) is 21.9 Å². The number of hydrogen-bond acceptors (Lipinski definition) is 2. The largest absolute Gasteiger partial charge is 0.398 e. The van der Waals surface area contributed by atoms with Gasteiger partial charge in [-0.05, 0) is 42.8 Å². The van der Waals surface area contributed by atoms with Gasteiger partial charge in [0, 0.05) is 27.1 Å². The predicted octanol–water partition coefficient (Wildman–Crippen LogP) is 4.53. The Morgan fingerprint density at radius 1 is 1.00 bits per heavy atom. The average Bonchev–Trinajstić information content (AvgIpc) is 2.32. The number of halogens is 2. The maximum atomic E-state index is 11.9. The van der Waals surface area contributed by atoms with E-state index >= 15 is 0 Å². The second-order valence-electron chi connectivity index (χ2n) is 4.31. The van der Waals surface area contributed by atoms with Gasteiger partial charge in [-0.2, -0.15) is 0 Å². The summed E-state index contributed by atoms with van der Waals surface area (Å²) in [7, 11) is 0. The number of hydrogen-bond donors (Lipinski definition) is 3. The summed E-state index contributed by atoms with van der Waals surface area (Å²) >= 11 is 11.7. The van der Waals surface area contributed by atoms with Gasteiger partial charge in [0.15, 0.2) is 0 Å². The minimum Gasteiger partial charge on any atom is -0.398 e. The van der Waals surface area contributed by atoms with Crippen LogP contribution in [0.15, 0.2) is 36.4 Å². The average molecular weight is 310 g/mol. The minimum absolute atomic E-state index is 0.397. The highest BCUT2D eigenvalue weighted by Gasteiger charge is 2.05. The lowest BCUT2D eigenvalue weighted by molar-refractivity contribution is 0.262. The molecule has 2 aromatic carbocycles. The first-order valence-electron chi connectivity index (χ1n) is 5.84. The lowest BCUT2D eigenvalue weighted by atomic mass is 10.2. The van der Waals surface area contributed by atoms with Gasteiger partial charge in [0.1, 0.15) is 0 Å². The third kappa shape index (κ3) is 3.79. The summed E-state index contributed by atoms with van der Waals surface area (Å²) in [5.74, 6) is 0. The normalized spacial score (nSPS) is 10.2. The molecule has 0 aliphatic heterocycles. The van der Waals surface area contributed by atoms with Crippen LogP contribution in [0, 0.1) is 6.92 Å². The van der Waals surface area contributed by atoms with E-state index in [2.05, 4.69) is 10.6 Å². The zero-order chi connectivity index (χ0) is 14.7. The molecule has 0 saturated carbocycles. The van der Waals surface area contributed by atoms with Crippen molar-refractivity contribution in [2.24, 2.45) is 0 Å². The summed E-state index contributed by atoms with van der Waals surface area (Å²) in [4.78, 5) is 11.9. The summed E-state index contributed by atoms with van der Waals surface area (Å²) in [6.07, 6.45) is 0. The Bertz CT molecular complexity index is 639. The SMILES string of the molecule is Cc1ccc(NC(=O)Nc2cc(Cl)cc(Cl)c2)cc1N. The van der Waals surface area contributed by atoms with Crippen molar-refractivity contribution in [3.8, 4) is 0 Å². The van der Waals surface area contributed by atoms with Crippen LogP contribution >= 0.6 is 23.2 Å². The Labute approximate surface area is 126 Å². The van der Waals surface area contributed by atoms with Crippen LogP contribution in [-0.2, 0) is 0 Å². The number of rotatable bonds is 2. The number of carbonyl (C=O) groups excluding carboxylic acids is 1. The van der Waals surface area contributed by atoms with Crippen molar-refractivity contribution in [2.45, 2.75) is 6.92 Å². The third-order valence-electron chi connectivity index (χ3n) is 2.66. The summed E-state index contributed by atoms with van der Waals surface area (Å²) in [5.41, 5.74) is 8.48. The van der Waals surface area contributed by atoms with Gasteiger partial charge < -0.3 is 16.4 Å². The zero-order valence-electron chi connectivity index (χ0n) is 10.7. The fraction of sp³-hybridized carbons (Fsp3) is 0.0714. The molecule has 2 rings (SSSR count). The molecule has 0 fully saturated rings. The van der Waals surface area contributed by atoms with Gasteiger partial charge in [0.05, 0.1) is 0 Å². The molecule has 0 heterocycles. The molecule has 20 heavy (non-hydrogen) atoms. The van der Waals surface area contributed by atoms with E-state index in [-0.39, 0.29) is 0 Å². The van der Waals surface area contributed by atoms with Crippen LogP contribution in [0.2, 0.25) is 10.0 Å². The maximum absolute atomic E-state index is 11.9. The van der Waals surface area contributed by atoms with E-state index in [1.54, 1.807) is 30.3 Å². The van der Waals surface area contributed by atoms with Crippen molar-refractivity contribution in [2.75, 3.05) is 16.4 Å². The van der Waals surface area contributed by atoms with E-state index in [0.29, 0.717) is 27.1 Å². The molecule has 4 nitrogen and oxygen atoms in total. The van der Waals surface area contributed by atoms with Crippen LogP contribution in [0.3, 0.4) is 0 Å². The predicted molar refractivity (Wildman–Crippen MR) is 84.7 cm³/mol. The molecule has 6 heteroatoms. The fourth-order valence-electron chi connectivity index (χ4n) is 1.64. The second kappa shape index (κ2) is 6.03. The number of nitrogens with two attached hydrogens (primary N) is 1. The molecule has 0 saturated heterocycles. The molecule has 2 aromatic rings. The number of nitrogen functional groups attached to an aromatic ring is 1. The number of urea groups is 1. The van der Waals surface area contributed by atoms with Gasteiger partial charge in [0.25, 0.3) is 0 Å². The highest BCUT2D eigenvalue weighted by atomic mass is 35.5. The Hall–Kier alpha value is -1.91. The molecule has 4 N–H and O–H groups in total. The van der Waals surface area contributed by atoms with Gasteiger partial charge in [-0.25, -0.2) is 4.79 Å². The highest BCUT2D eigenvalue weighted by molar-refractivity contribution is 6.35. The van der Waals surface area contributed by atoms with Crippen molar-refractivity contribution in [3.05, 3.63) is 52.0 Å². The van der Waals surface area contributed by atoms with Crippen molar-refractivity contribution >= 4 is 46.3 Å². The first-order valence-corrected chi connectivity index (χ1v) is 6.60. The van der Waals surface area contributed by atoms with Crippen LogP contribution in [-0.4, -0.2) is 6.03 Å². The smallest absolute Gasteiger partial charge is 0.323 e. The van der Waals surface area contributed by atoms with E-state index in [0.717, 1.165) is 5.56 Å². The number of benzene rings is 2. The van der Waals surface area contributed by atoms with E-state index < -0.39 is 6.03 Å². The third-order valence-corrected chi connectivity index (χ3v) is 3.09. The quantitative estimate of drug-likeness (QED) is 0.713. The number of carbonyl (C=O) groups is 1. The summed E-state index contributed by atoms with van der Waals surface area (Å²) in [6, 6.07) is 9.71. The molecular weight excluding hydrogens is 297 g/mol. The molecule has 2 amide bonds. The Kier molecular flexibility index (Phi) is 4.37.